The van der Waals surface area contributed by atoms with Gasteiger partial charge in [-0.25, -0.2) is 4.79 Å². The number of allylic oxidation sites excluding steroid dienone is 1. The van der Waals surface area contributed by atoms with Gasteiger partial charge in [-0.15, -0.1) is 6.58 Å². The summed E-state index contributed by atoms with van der Waals surface area (Å²) in [6, 6.07) is 3.36. The Morgan fingerprint density at radius 2 is 2.03 bits per heavy atom. The van der Waals surface area contributed by atoms with Gasteiger partial charge in [0.25, 0.3) is 11.8 Å². The topological polar surface area (TPSA) is 94.2 Å². The SMILES string of the molecule is C=CCc1cc(/C=C2\C(=O)NC(=S)N(C)C2=O)cc(OCC)c1OCC(=O)OC. The molecule has 9 heteroatoms. The lowest BCUT2D eigenvalue weighted by atomic mass is 10.0. The van der Waals surface area contributed by atoms with Gasteiger partial charge in [0.2, 0.25) is 0 Å². The van der Waals surface area contributed by atoms with Crippen molar-refractivity contribution in [1.29, 1.82) is 0 Å². The molecule has 1 aliphatic heterocycles. The lowest BCUT2D eigenvalue weighted by Crippen LogP contribution is -2.52. The molecule has 0 saturated carbocycles. The third kappa shape index (κ3) is 5.20. The molecule has 0 spiro atoms. The summed E-state index contributed by atoms with van der Waals surface area (Å²) in [5.74, 6) is -0.876. The predicted molar refractivity (Wildman–Crippen MR) is 111 cm³/mol. The zero-order chi connectivity index (χ0) is 21.6. The molecule has 154 valence electrons. The van der Waals surface area contributed by atoms with Crippen molar-refractivity contribution in [2.24, 2.45) is 0 Å². The third-order valence-electron chi connectivity index (χ3n) is 4.00. The Morgan fingerprint density at radius 3 is 2.66 bits per heavy atom. The van der Waals surface area contributed by atoms with Crippen molar-refractivity contribution in [3.8, 4) is 11.5 Å². The summed E-state index contributed by atoms with van der Waals surface area (Å²) in [6.07, 6.45) is 3.53. The van der Waals surface area contributed by atoms with Crippen LogP contribution in [-0.4, -0.2) is 55.2 Å². The molecule has 0 radical (unpaired) electrons. The number of nitrogens with zero attached hydrogens (tertiary/aromatic N) is 1. The zero-order valence-corrected chi connectivity index (χ0v) is 17.3. The Bertz CT molecular complexity index is 893. The lowest BCUT2D eigenvalue weighted by molar-refractivity contribution is -0.143. The van der Waals surface area contributed by atoms with Crippen LogP contribution in [0.15, 0.2) is 30.4 Å². The van der Waals surface area contributed by atoms with Gasteiger partial charge in [-0.05, 0) is 49.3 Å². The second-order valence-corrected chi connectivity index (χ2v) is 6.37. The second kappa shape index (κ2) is 9.83. The van der Waals surface area contributed by atoms with Gasteiger partial charge in [0.15, 0.2) is 23.2 Å². The fourth-order valence-corrected chi connectivity index (χ4v) is 2.78. The number of thiocarbonyl (C=S) groups is 1. The highest BCUT2D eigenvalue weighted by Crippen LogP contribution is 2.35. The van der Waals surface area contributed by atoms with E-state index in [1.807, 2.05) is 0 Å². The minimum Gasteiger partial charge on any atom is -0.490 e. The number of esters is 1. The van der Waals surface area contributed by atoms with Gasteiger partial charge < -0.3 is 14.2 Å². The molecular weight excluding hydrogens is 396 g/mol. The summed E-state index contributed by atoms with van der Waals surface area (Å²) in [4.78, 5) is 37.3. The van der Waals surface area contributed by atoms with Gasteiger partial charge in [-0.3, -0.25) is 19.8 Å². The molecule has 1 heterocycles. The third-order valence-corrected chi connectivity index (χ3v) is 4.37. The molecule has 1 saturated heterocycles. The standard InChI is InChI=1S/C20H22N2O6S/c1-5-7-13-8-12(9-14-18(24)21-20(29)22(3)19(14)25)10-15(27-6-2)17(13)28-11-16(23)26-4/h5,8-10H,1,6-7,11H2,2-4H3,(H,21,24,29)/b14-9+. The van der Waals surface area contributed by atoms with Crippen LogP contribution in [0.4, 0.5) is 0 Å². The zero-order valence-electron chi connectivity index (χ0n) is 16.4. The molecule has 0 aliphatic carbocycles. The minimum absolute atomic E-state index is 0.0473. The van der Waals surface area contributed by atoms with Crippen molar-refractivity contribution in [1.82, 2.24) is 10.2 Å². The summed E-state index contributed by atoms with van der Waals surface area (Å²) in [5.41, 5.74) is 1.17. The highest BCUT2D eigenvalue weighted by Gasteiger charge is 2.31. The number of rotatable bonds is 8. The van der Waals surface area contributed by atoms with E-state index in [1.165, 1.54) is 25.1 Å². The number of hydrogen-bond donors (Lipinski definition) is 1. The Kier molecular flexibility index (Phi) is 7.49. The molecule has 1 N–H and O–H groups in total. The number of amides is 2. The normalized spacial score (nSPS) is 15.2. The van der Waals surface area contributed by atoms with E-state index in [0.29, 0.717) is 35.7 Å². The van der Waals surface area contributed by atoms with Crippen molar-refractivity contribution in [2.45, 2.75) is 13.3 Å². The second-order valence-electron chi connectivity index (χ2n) is 5.98. The van der Waals surface area contributed by atoms with E-state index in [2.05, 4.69) is 16.6 Å². The number of methoxy groups -OCH3 is 1. The van der Waals surface area contributed by atoms with Crippen LogP contribution in [0.5, 0.6) is 11.5 Å². The summed E-state index contributed by atoms with van der Waals surface area (Å²) in [7, 11) is 2.75. The van der Waals surface area contributed by atoms with Gasteiger partial charge in [-0.2, -0.15) is 0 Å². The molecule has 1 aromatic rings. The molecule has 1 aromatic carbocycles. The number of ether oxygens (including phenoxy) is 3. The fourth-order valence-electron chi connectivity index (χ4n) is 2.60. The first-order valence-electron chi connectivity index (χ1n) is 8.77. The van der Waals surface area contributed by atoms with E-state index in [1.54, 1.807) is 25.1 Å². The number of carbonyl (C=O) groups is 3. The smallest absolute Gasteiger partial charge is 0.343 e. The van der Waals surface area contributed by atoms with Crippen LogP contribution in [0.1, 0.15) is 18.1 Å². The average Bonchev–Trinajstić information content (AvgIpc) is 2.69. The van der Waals surface area contributed by atoms with Crippen molar-refractivity contribution in [2.75, 3.05) is 27.4 Å². The van der Waals surface area contributed by atoms with E-state index < -0.39 is 17.8 Å². The molecule has 0 bridgehead atoms. The first kappa shape index (κ1) is 22.1. The monoisotopic (exact) mass is 418 g/mol. The predicted octanol–water partition coefficient (Wildman–Crippen LogP) is 1.62. The minimum atomic E-state index is -0.577. The molecule has 0 unspecified atom stereocenters. The first-order chi connectivity index (χ1) is 13.8. The van der Waals surface area contributed by atoms with Crippen LogP contribution in [0.2, 0.25) is 0 Å². The van der Waals surface area contributed by atoms with Crippen LogP contribution < -0.4 is 14.8 Å². The van der Waals surface area contributed by atoms with Crippen molar-refractivity contribution in [3.63, 3.8) is 0 Å². The van der Waals surface area contributed by atoms with Gasteiger partial charge in [0.05, 0.1) is 13.7 Å². The van der Waals surface area contributed by atoms with Gasteiger partial charge in [0.1, 0.15) is 5.57 Å². The fraction of sp³-hybridized carbons (Fsp3) is 0.300. The molecular formula is C20H22N2O6S. The van der Waals surface area contributed by atoms with Gasteiger partial charge in [0, 0.05) is 12.6 Å². The number of carbonyl (C=O) groups excluding carboxylic acids is 3. The Labute approximate surface area is 174 Å². The molecule has 29 heavy (non-hydrogen) atoms. The molecule has 0 aromatic heterocycles. The summed E-state index contributed by atoms with van der Waals surface area (Å²) in [6.45, 7) is 5.59. The molecule has 2 rings (SSSR count). The van der Waals surface area contributed by atoms with Crippen LogP contribution >= 0.6 is 12.2 Å². The van der Waals surface area contributed by atoms with Crippen LogP contribution in [0.25, 0.3) is 6.08 Å². The lowest BCUT2D eigenvalue weighted by Gasteiger charge is -2.25. The van der Waals surface area contributed by atoms with Crippen LogP contribution in [0.3, 0.4) is 0 Å². The van der Waals surface area contributed by atoms with Crippen LogP contribution in [0, 0.1) is 0 Å². The number of hydrogen-bond acceptors (Lipinski definition) is 7. The maximum Gasteiger partial charge on any atom is 0.343 e. The van der Waals surface area contributed by atoms with Gasteiger partial charge >= 0.3 is 5.97 Å². The Hall–Kier alpha value is -3.20. The maximum absolute atomic E-state index is 12.4. The molecule has 1 aliphatic rings. The Balaban J connectivity index is 2.51. The Morgan fingerprint density at radius 1 is 1.31 bits per heavy atom. The molecule has 0 atom stereocenters. The average molecular weight is 418 g/mol. The van der Waals surface area contributed by atoms with E-state index in [-0.39, 0.29) is 17.3 Å². The molecule has 8 nitrogen and oxygen atoms in total. The highest BCUT2D eigenvalue weighted by molar-refractivity contribution is 7.80. The summed E-state index contributed by atoms with van der Waals surface area (Å²) in [5, 5.41) is 2.51. The van der Waals surface area contributed by atoms with Gasteiger partial charge in [-0.1, -0.05) is 6.08 Å². The number of benzene rings is 1. The van der Waals surface area contributed by atoms with E-state index in [4.69, 9.17) is 21.7 Å². The summed E-state index contributed by atoms with van der Waals surface area (Å²) >= 11 is 4.95. The number of nitrogens with one attached hydrogen (secondary N) is 1. The van der Waals surface area contributed by atoms with E-state index in [9.17, 15) is 14.4 Å². The quantitative estimate of drug-likeness (QED) is 0.225. The molecule has 2 amide bonds. The maximum atomic E-state index is 12.4. The van der Waals surface area contributed by atoms with Crippen LogP contribution in [-0.2, 0) is 25.5 Å². The van der Waals surface area contributed by atoms with E-state index >= 15 is 0 Å². The van der Waals surface area contributed by atoms with Crippen molar-refractivity contribution >= 4 is 41.2 Å². The molecule has 1 fully saturated rings. The van der Waals surface area contributed by atoms with Crippen molar-refractivity contribution in [3.05, 3.63) is 41.5 Å². The summed E-state index contributed by atoms with van der Waals surface area (Å²) < 4.78 is 15.9. The highest BCUT2D eigenvalue weighted by atomic mass is 32.1. The van der Waals surface area contributed by atoms with Crippen molar-refractivity contribution < 1.29 is 28.6 Å². The van der Waals surface area contributed by atoms with E-state index in [0.717, 1.165) is 0 Å². The largest absolute Gasteiger partial charge is 0.490 e. The number of likely N-dealkylation sites (N-methyl/N-ethyl adjacent to an activating group) is 1. The first-order valence-corrected chi connectivity index (χ1v) is 9.18.